The number of hydrogen-bond acceptors (Lipinski definition) is 0. The van der Waals surface area contributed by atoms with Crippen LogP contribution in [0, 0.1) is 11.7 Å². The van der Waals surface area contributed by atoms with Crippen LogP contribution in [0.2, 0.25) is 0 Å². The molecule has 0 bridgehead atoms. The highest BCUT2D eigenvalue weighted by Crippen LogP contribution is 2.27. The van der Waals surface area contributed by atoms with Gasteiger partial charge in [-0.15, -0.1) is 0 Å². The second-order valence-corrected chi connectivity index (χ2v) is 5.72. The van der Waals surface area contributed by atoms with Gasteiger partial charge >= 0.3 is 0 Å². The van der Waals surface area contributed by atoms with Crippen molar-refractivity contribution in [2.75, 3.05) is 0 Å². The maximum absolute atomic E-state index is 12.9. The Morgan fingerprint density at radius 3 is 2.45 bits per heavy atom. The normalized spacial score (nSPS) is 18.1. The van der Waals surface area contributed by atoms with Crippen LogP contribution in [-0.2, 0) is 0 Å². The smallest absolute Gasteiger partial charge is 0.123 e. The second kappa shape index (κ2) is 8.04. The van der Waals surface area contributed by atoms with E-state index in [-0.39, 0.29) is 5.82 Å². The lowest BCUT2D eigenvalue weighted by Crippen LogP contribution is -2.00. The molecule has 0 heterocycles. The van der Waals surface area contributed by atoms with Crippen LogP contribution in [0.5, 0.6) is 0 Å². The maximum atomic E-state index is 12.9. The first-order valence-corrected chi connectivity index (χ1v) is 7.94. The zero-order valence-corrected chi connectivity index (χ0v) is 12.4. The van der Waals surface area contributed by atoms with Crippen molar-refractivity contribution in [3.63, 3.8) is 0 Å². The summed E-state index contributed by atoms with van der Waals surface area (Å²) in [5, 5.41) is 0. The van der Waals surface area contributed by atoms with Crippen molar-refractivity contribution < 1.29 is 4.39 Å². The third-order valence-electron chi connectivity index (χ3n) is 4.04. The predicted molar refractivity (Wildman–Crippen MR) is 85.0 cm³/mol. The second-order valence-electron chi connectivity index (χ2n) is 5.72. The molecule has 1 aliphatic rings. The molecule has 1 aromatic rings. The lowest BCUT2D eigenvalue weighted by molar-refractivity contribution is 0.525. The van der Waals surface area contributed by atoms with Crippen LogP contribution in [0.1, 0.15) is 57.4 Å². The quantitative estimate of drug-likeness (QED) is 0.522. The van der Waals surface area contributed by atoms with Crippen molar-refractivity contribution in [3.8, 4) is 0 Å². The third-order valence-corrected chi connectivity index (χ3v) is 4.04. The van der Waals surface area contributed by atoms with Gasteiger partial charge in [0.15, 0.2) is 0 Å². The van der Waals surface area contributed by atoms with Crippen LogP contribution in [0.25, 0.3) is 5.57 Å². The van der Waals surface area contributed by atoms with E-state index >= 15 is 0 Å². The van der Waals surface area contributed by atoms with E-state index in [1.54, 1.807) is 0 Å². The molecule has 1 aliphatic carbocycles. The van der Waals surface area contributed by atoms with Crippen molar-refractivity contribution >= 4 is 5.57 Å². The molecule has 1 unspecified atom stereocenters. The minimum Gasteiger partial charge on any atom is -0.207 e. The van der Waals surface area contributed by atoms with Crippen LogP contribution in [-0.4, -0.2) is 0 Å². The zero-order chi connectivity index (χ0) is 14.2. The fourth-order valence-corrected chi connectivity index (χ4v) is 2.75. The van der Waals surface area contributed by atoms with E-state index < -0.39 is 0 Å². The SMILES string of the molecule is CCCCCCCC1C=CC(c2ccc(F)cc2)=CC1. The van der Waals surface area contributed by atoms with Crippen molar-refractivity contribution in [3.05, 3.63) is 53.9 Å². The molecule has 1 aromatic carbocycles. The summed E-state index contributed by atoms with van der Waals surface area (Å²) in [6.07, 6.45) is 16.0. The summed E-state index contributed by atoms with van der Waals surface area (Å²) in [6.45, 7) is 2.26. The van der Waals surface area contributed by atoms with Crippen LogP contribution in [0.15, 0.2) is 42.5 Å². The van der Waals surface area contributed by atoms with Gasteiger partial charge in [0.25, 0.3) is 0 Å². The first-order chi connectivity index (χ1) is 9.79. The summed E-state index contributed by atoms with van der Waals surface area (Å²) in [5.74, 6) is 0.528. The average Bonchev–Trinajstić information content (AvgIpc) is 2.49. The summed E-state index contributed by atoms with van der Waals surface area (Å²) in [6, 6.07) is 6.78. The van der Waals surface area contributed by atoms with Gasteiger partial charge < -0.3 is 0 Å². The molecule has 0 aromatic heterocycles. The molecule has 1 heteroatoms. The van der Waals surface area contributed by atoms with Crippen LogP contribution >= 0.6 is 0 Å². The summed E-state index contributed by atoms with van der Waals surface area (Å²) in [4.78, 5) is 0. The van der Waals surface area contributed by atoms with Crippen LogP contribution < -0.4 is 0 Å². The Morgan fingerprint density at radius 1 is 1.05 bits per heavy atom. The molecule has 0 N–H and O–H groups in total. The van der Waals surface area contributed by atoms with E-state index in [0.29, 0.717) is 5.92 Å². The molecule has 0 saturated carbocycles. The molecule has 108 valence electrons. The molecule has 0 radical (unpaired) electrons. The molecule has 0 aliphatic heterocycles. The first kappa shape index (κ1) is 15.0. The molecule has 20 heavy (non-hydrogen) atoms. The lowest BCUT2D eigenvalue weighted by atomic mass is 9.89. The molecule has 1 atom stereocenters. The summed E-state index contributed by atoms with van der Waals surface area (Å²) < 4.78 is 12.9. The lowest BCUT2D eigenvalue weighted by Gasteiger charge is -2.16. The molecule has 2 rings (SSSR count). The van der Waals surface area contributed by atoms with Gasteiger partial charge in [-0.05, 0) is 42.0 Å². The van der Waals surface area contributed by atoms with E-state index in [1.807, 2.05) is 12.1 Å². The van der Waals surface area contributed by atoms with E-state index in [1.165, 1.54) is 56.2 Å². The topological polar surface area (TPSA) is 0 Å². The van der Waals surface area contributed by atoms with Crippen molar-refractivity contribution in [1.29, 1.82) is 0 Å². The molecule has 0 saturated heterocycles. The summed E-state index contributed by atoms with van der Waals surface area (Å²) in [5.41, 5.74) is 2.34. The highest BCUT2D eigenvalue weighted by Gasteiger charge is 2.09. The largest absolute Gasteiger partial charge is 0.207 e. The van der Waals surface area contributed by atoms with Crippen molar-refractivity contribution in [1.82, 2.24) is 0 Å². The Labute approximate surface area is 122 Å². The van der Waals surface area contributed by atoms with Crippen molar-refractivity contribution in [2.45, 2.75) is 51.9 Å². The fraction of sp³-hybridized carbons (Fsp3) is 0.474. The van der Waals surface area contributed by atoms with E-state index in [9.17, 15) is 4.39 Å². The number of halogens is 1. The average molecular weight is 272 g/mol. The highest BCUT2D eigenvalue weighted by molar-refractivity contribution is 5.74. The third kappa shape index (κ3) is 4.63. The van der Waals surface area contributed by atoms with Crippen molar-refractivity contribution in [2.24, 2.45) is 5.92 Å². The Bertz CT molecular complexity index is 453. The predicted octanol–water partition coefficient (Wildman–Crippen LogP) is 6.15. The fourth-order valence-electron chi connectivity index (χ4n) is 2.75. The zero-order valence-electron chi connectivity index (χ0n) is 12.4. The highest BCUT2D eigenvalue weighted by atomic mass is 19.1. The summed E-state index contributed by atoms with van der Waals surface area (Å²) >= 11 is 0. The number of hydrogen-bond donors (Lipinski definition) is 0. The first-order valence-electron chi connectivity index (χ1n) is 7.94. The van der Waals surface area contributed by atoms with Gasteiger partial charge in [-0.3, -0.25) is 0 Å². The van der Waals surface area contributed by atoms with E-state index in [4.69, 9.17) is 0 Å². The Balaban J connectivity index is 1.76. The van der Waals surface area contributed by atoms with E-state index in [2.05, 4.69) is 25.2 Å². The number of rotatable bonds is 7. The van der Waals surface area contributed by atoms with Gasteiger partial charge in [0.1, 0.15) is 5.82 Å². The van der Waals surface area contributed by atoms with Gasteiger partial charge in [-0.25, -0.2) is 4.39 Å². The summed E-state index contributed by atoms with van der Waals surface area (Å²) in [7, 11) is 0. The van der Waals surface area contributed by atoms with Gasteiger partial charge in [0.2, 0.25) is 0 Å². The Hall–Kier alpha value is -1.37. The maximum Gasteiger partial charge on any atom is 0.123 e. The molecule has 0 fully saturated rings. The van der Waals surface area contributed by atoms with Gasteiger partial charge in [-0.1, -0.05) is 69.4 Å². The van der Waals surface area contributed by atoms with Crippen LogP contribution in [0.4, 0.5) is 4.39 Å². The number of allylic oxidation sites excluding steroid dienone is 4. The number of benzene rings is 1. The minimum atomic E-state index is -0.168. The van der Waals surface area contributed by atoms with Crippen LogP contribution in [0.3, 0.4) is 0 Å². The molecular formula is C19H25F. The molecule has 0 nitrogen and oxygen atoms in total. The minimum absolute atomic E-state index is 0.168. The Morgan fingerprint density at radius 2 is 1.80 bits per heavy atom. The molecular weight excluding hydrogens is 247 g/mol. The van der Waals surface area contributed by atoms with Gasteiger partial charge in [0, 0.05) is 0 Å². The number of unbranched alkanes of at least 4 members (excludes halogenated alkanes) is 4. The molecule has 0 spiro atoms. The Kier molecular flexibility index (Phi) is 6.04. The monoisotopic (exact) mass is 272 g/mol. The molecule has 0 amide bonds. The standard InChI is InChI=1S/C19H25F/c1-2-3-4-5-6-7-16-8-10-17(11-9-16)18-12-14-19(20)15-13-18/h8,10-16H,2-7,9H2,1H3. The van der Waals surface area contributed by atoms with E-state index in [0.717, 1.165) is 12.0 Å². The van der Waals surface area contributed by atoms with Gasteiger partial charge in [-0.2, -0.15) is 0 Å². The van der Waals surface area contributed by atoms with Gasteiger partial charge in [0.05, 0.1) is 0 Å².